The highest BCUT2D eigenvalue weighted by atomic mass is 35.5. The molecular weight excluding hydrogens is 204 g/mol. The van der Waals surface area contributed by atoms with Crippen molar-refractivity contribution in [3.63, 3.8) is 0 Å². The molecule has 0 aromatic heterocycles. The van der Waals surface area contributed by atoms with E-state index in [0.29, 0.717) is 0 Å². The summed E-state index contributed by atoms with van der Waals surface area (Å²) < 4.78 is 0. The van der Waals surface area contributed by atoms with Crippen LogP contribution in [0.15, 0.2) is 24.3 Å². The van der Waals surface area contributed by atoms with E-state index in [0.717, 1.165) is 6.42 Å². The average Bonchev–Trinajstić information content (AvgIpc) is 2.02. The maximum absolute atomic E-state index is 6.45. The molecule has 0 amide bonds. The smallest absolute Gasteiger partial charge is 0.0395 e. The van der Waals surface area contributed by atoms with Crippen LogP contribution < -0.4 is 0 Å². The summed E-state index contributed by atoms with van der Waals surface area (Å²) in [5.41, 5.74) is 0.245. The van der Waals surface area contributed by atoms with Crippen molar-refractivity contribution in [2.75, 3.05) is 0 Å². The quantitative estimate of drug-likeness (QED) is 0.459. The first kappa shape index (κ1) is 14.8. The Kier molecular flexibility index (Phi) is 5.66. The minimum Gasteiger partial charge on any atom is -0.122 e. The summed E-state index contributed by atoms with van der Waals surface area (Å²) in [6.07, 6.45) is 9.65. The summed E-state index contributed by atoms with van der Waals surface area (Å²) in [7, 11) is 0. The van der Waals surface area contributed by atoms with Crippen molar-refractivity contribution in [2.45, 2.75) is 53.3 Å². The van der Waals surface area contributed by atoms with Gasteiger partial charge in [0.05, 0.1) is 0 Å². The number of hydrogen-bond acceptors (Lipinski definition) is 0. The molecule has 0 saturated heterocycles. The molecule has 0 nitrogen and oxygen atoms in total. The summed E-state index contributed by atoms with van der Waals surface area (Å²) in [6, 6.07) is 0. The Bertz CT molecular complexity index is 218. The Hall–Kier alpha value is -0.230. The highest BCUT2D eigenvalue weighted by Crippen LogP contribution is 2.36. The molecule has 0 saturated carbocycles. The van der Waals surface area contributed by atoms with Gasteiger partial charge in [0.15, 0.2) is 0 Å². The van der Waals surface area contributed by atoms with E-state index in [4.69, 9.17) is 11.6 Å². The lowest BCUT2D eigenvalue weighted by Crippen LogP contribution is -2.27. The van der Waals surface area contributed by atoms with Crippen molar-refractivity contribution in [1.82, 2.24) is 0 Å². The summed E-state index contributed by atoms with van der Waals surface area (Å²) >= 11 is 6.45. The third kappa shape index (κ3) is 5.41. The first-order valence-corrected chi connectivity index (χ1v) is 6.10. The first-order valence-electron chi connectivity index (χ1n) is 5.67. The normalized spacial score (nSPS) is 19.7. The molecule has 1 atom stereocenters. The highest BCUT2D eigenvalue weighted by molar-refractivity contribution is 6.21. The van der Waals surface area contributed by atoms with Crippen molar-refractivity contribution < 1.29 is 0 Å². The third-order valence-electron chi connectivity index (χ3n) is 2.65. The molecule has 88 valence electrons. The van der Waals surface area contributed by atoms with Gasteiger partial charge in [-0.1, -0.05) is 52.0 Å². The van der Waals surface area contributed by atoms with Gasteiger partial charge in [-0.25, -0.2) is 0 Å². The Balaban J connectivity index is 4.70. The lowest BCUT2D eigenvalue weighted by atomic mass is 9.78. The van der Waals surface area contributed by atoms with Crippen LogP contribution in [-0.4, -0.2) is 5.38 Å². The zero-order chi connectivity index (χ0) is 12.1. The van der Waals surface area contributed by atoms with E-state index in [1.54, 1.807) is 0 Å². The van der Waals surface area contributed by atoms with Crippen LogP contribution in [0.3, 0.4) is 0 Å². The maximum Gasteiger partial charge on any atom is 0.0395 e. The van der Waals surface area contributed by atoms with Crippen LogP contribution >= 0.6 is 11.6 Å². The van der Waals surface area contributed by atoms with Gasteiger partial charge in [-0.3, -0.25) is 0 Å². The fourth-order valence-electron chi connectivity index (χ4n) is 1.65. The van der Waals surface area contributed by atoms with Crippen molar-refractivity contribution in [3.8, 4) is 0 Å². The molecule has 0 aromatic rings. The molecule has 0 spiro atoms. The van der Waals surface area contributed by atoms with Crippen LogP contribution in [0.2, 0.25) is 0 Å². The molecule has 0 rings (SSSR count). The van der Waals surface area contributed by atoms with Crippen molar-refractivity contribution in [2.24, 2.45) is 10.8 Å². The molecule has 0 heterocycles. The van der Waals surface area contributed by atoms with E-state index in [-0.39, 0.29) is 16.2 Å². The van der Waals surface area contributed by atoms with Gasteiger partial charge >= 0.3 is 0 Å². The largest absolute Gasteiger partial charge is 0.122 e. The Morgan fingerprint density at radius 3 is 1.67 bits per heavy atom. The van der Waals surface area contributed by atoms with Gasteiger partial charge in [-0.2, -0.15) is 0 Å². The van der Waals surface area contributed by atoms with Crippen LogP contribution in [0.5, 0.6) is 0 Å². The van der Waals surface area contributed by atoms with Gasteiger partial charge in [-0.05, 0) is 25.7 Å². The van der Waals surface area contributed by atoms with E-state index in [2.05, 4.69) is 65.8 Å². The number of allylic oxidation sites excluding steroid dienone is 4. The van der Waals surface area contributed by atoms with E-state index < -0.39 is 0 Å². The van der Waals surface area contributed by atoms with Crippen LogP contribution in [0.1, 0.15) is 48.0 Å². The summed E-state index contributed by atoms with van der Waals surface area (Å²) in [5, 5.41) is 0.190. The minimum atomic E-state index is 0.0865. The molecule has 0 aliphatic rings. The average molecular weight is 229 g/mol. The number of alkyl halides is 1. The van der Waals surface area contributed by atoms with Gasteiger partial charge in [-0.15, -0.1) is 11.6 Å². The summed E-state index contributed by atoms with van der Waals surface area (Å²) in [6.45, 7) is 12.9. The fraction of sp³-hybridized carbons (Fsp3) is 0.714. The van der Waals surface area contributed by atoms with Crippen LogP contribution in [0, 0.1) is 10.8 Å². The third-order valence-corrected chi connectivity index (χ3v) is 3.46. The monoisotopic (exact) mass is 228 g/mol. The van der Waals surface area contributed by atoms with E-state index in [1.807, 2.05) is 0 Å². The standard InChI is InChI=1S/C14H25Cl/c1-7-9-14(6,10-8-2)11-12(15)13(3,4)5/h7-10,12H,11H2,1-6H3. The summed E-state index contributed by atoms with van der Waals surface area (Å²) in [5.74, 6) is 0. The van der Waals surface area contributed by atoms with Crippen LogP contribution in [-0.2, 0) is 0 Å². The number of hydrogen-bond donors (Lipinski definition) is 0. The SMILES string of the molecule is CC=CC(C)(C=CC)CC(Cl)C(C)(C)C. The lowest BCUT2D eigenvalue weighted by molar-refractivity contribution is 0.325. The Morgan fingerprint density at radius 2 is 1.40 bits per heavy atom. The predicted molar refractivity (Wildman–Crippen MR) is 71.4 cm³/mol. The van der Waals surface area contributed by atoms with Crippen molar-refractivity contribution >= 4 is 11.6 Å². The fourth-order valence-corrected chi connectivity index (χ4v) is 1.98. The topological polar surface area (TPSA) is 0 Å². The minimum absolute atomic E-state index is 0.0865. The number of rotatable bonds is 4. The Labute approximate surface area is 100 Å². The molecule has 0 aliphatic heterocycles. The molecule has 0 aromatic carbocycles. The molecule has 0 fully saturated rings. The van der Waals surface area contributed by atoms with Gasteiger partial charge in [0.1, 0.15) is 0 Å². The molecule has 0 radical (unpaired) electrons. The van der Waals surface area contributed by atoms with Gasteiger partial charge < -0.3 is 0 Å². The maximum atomic E-state index is 6.45. The predicted octanol–water partition coefficient (Wildman–Crippen LogP) is 5.19. The van der Waals surface area contributed by atoms with Gasteiger partial charge in [0.25, 0.3) is 0 Å². The second-order valence-corrected chi connectivity index (χ2v) is 6.07. The van der Waals surface area contributed by atoms with Crippen LogP contribution in [0.25, 0.3) is 0 Å². The van der Waals surface area contributed by atoms with Crippen molar-refractivity contribution in [3.05, 3.63) is 24.3 Å². The molecule has 0 bridgehead atoms. The van der Waals surface area contributed by atoms with E-state index >= 15 is 0 Å². The molecule has 1 heteroatoms. The lowest BCUT2D eigenvalue weighted by Gasteiger charge is -2.32. The van der Waals surface area contributed by atoms with Crippen molar-refractivity contribution in [1.29, 1.82) is 0 Å². The molecule has 0 N–H and O–H groups in total. The van der Waals surface area contributed by atoms with Gasteiger partial charge in [0.2, 0.25) is 0 Å². The van der Waals surface area contributed by atoms with Gasteiger partial charge in [0, 0.05) is 10.8 Å². The first-order chi connectivity index (χ1) is 6.75. The highest BCUT2D eigenvalue weighted by Gasteiger charge is 2.29. The second-order valence-electron chi connectivity index (χ2n) is 5.54. The zero-order valence-corrected chi connectivity index (χ0v) is 11.7. The molecule has 1 unspecified atom stereocenters. The van der Waals surface area contributed by atoms with E-state index in [9.17, 15) is 0 Å². The van der Waals surface area contributed by atoms with Crippen LogP contribution in [0.4, 0.5) is 0 Å². The van der Waals surface area contributed by atoms with E-state index in [1.165, 1.54) is 0 Å². The molecule has 15 heavy (non-hydrogen) atoms. The zero-order valence-electron chi connectivity index (χ0n) is 11.0. The molecular formula is C14H25Cl. The number of halogens is 1. The Morgan fingerprint density at radius 1 is 1.00 bits per heavy atom. The summed E-state index contributed by atoms with van der Waals surface area (Å²) in [4.78, 5) is 0. The second kappa shape index (κ2) is 5.75. The molecule has 0 aliphatic carbocycles.